The van der Waals surface area contributed by atoms with E-state index in [1.807, 2.05) is 19.1 Å². The van der Waals surface area contributed by atoms with Gasteiger partial charge in [0.1, 0.15) is 11.3 Å². The van der Waals surface area contributed by atoms with Crippen molar-refractivity contribution in [3.05, 3.63) is 24.2 Å². The lowest BCUT2D eigenvalue weighted by atomic mass is 9.91. The first-order valence-corrected chi connectivity index (χ1v) is 8.51. The van der Waals surface area contributed by atoms with Gasteiger partial charge in [-0.1, -0.05) is 6.92 Å². The number of amides is 1. The van der Waals surface area contributed by atoms with E-state index in [-0.39, 0.29) is 11.9 Å². The highest BCUT2D eigenvalue weighted by Crippen LogP contribution is 2.39. The Bertz CT molecular complexity index is 588. The van der Waals surface area contributed by atoms with Crippen LogP contribution in [0.1, 0.15) is 51.3 Å². The molecular formula is C18H25N3O2. The van der Waals surface area contributed by atoms with Gasteiger partial charge in [0, 0.05) is 0 Å². The lowest BCUT2D eigenvalue weighted by Gasteiger charge is -2.37. The lowest BCUT2D eigenvalue weighted by Crippen LogP contribution is -2.51. The topological polar surface area (TPSA) is 69.3 Å². The number of carbonyl (C=O) groups excluding carboxylic acids is 1. The van der Waals surface area contributed by atoms with Gasteiger partial charge < -0.3 is 9.73 Å². The van der Waals surface area contributed by atoms with Crippen LogP contribution in [0.5, 0.6) is 0 Å². The molecule has 1 saturated carbocycles. The normalized spacial score (nSPS) is 27.9. The highest BCUT2D eigenvalue weighted by atomic mass is 16.3. The molecule has 1 aliphatic carbocycles. The first-order valence-electron chi connectivity index (χ1n) is 8.51. The van der Waals surface area contributed by atoms with E-state index in [0.717, 1.165) is 38.0 Å². The second-order valence-corrected chi connectivity index (χ2v) is 7.27. The smallest absolute Gasteiger partial charge is 0.235 e. The second kappa shape index (κ2) is 6.37. The fourth-order valence-electron chi connectivity index (χ4n) is 3.55. The number of carbonyl (C=O) groups is 1. The van der Waals surface area contributed by atoms with Crippen molar-refractivity contribution in [2.24, 2.45) is 11.8 Å². The molecule has 5 nitrogen and oxygen atoms in total. The minimum absolute atomic E-state index is 0.0629. The molecule has 0 radical (unpaired) electrons. The number of nitriles is 1. The van der Waals surface area contributed by atoms with E-state index in [2.05, 4.69) is 23.2 Å². The van der Waals surface area contributed by atoms with Gasteiger partial charge in [-0.25, -0.2) is 0 Å². The molecule has 1 saturated heterocycles. The van der Waals surface area contributed by atoms with Gasteiger partial charge in [-0.3, -0.25) is 9.69 Å². The Hall–Kier alpha value is -1.80. The molecule has 1 aromatic heterocycles. The fourth-order valence-corrected chi connectivity index (χ4v) is 3.55. The van der Waals surface area contributed by atoms with Crippen molar-refractivity contribution in [3.63, 3.8) is 0 Å². The molecule has 23 heavy (non-hydrogen) atoms. The Balaban J connectivity index is 1.65. The van der Waals surface area contributed by atoms with Gasteiger partial charge in [-0.2, -0.15) is 5.26 Å². The van der Waals surface area contributed by atoms with Gasteiger partial charge in [0.15, 0.2) is 0 Å². The van der Waals surface area contributed by atoms with Crippen LogP contribution in [-0.4, -0.2) is 29.4 Å². The number of nitrogens with zero attached hydrogens (tertiary/aromatic N) is 2. The average Bonchev–Trinajstić information content (AvgIpc) is 3.25. The van der Waals surface area contributed by atoms with Crippen LogP contribution < -0.4 is 5.32 Å². The summed E-state index contributed by atoms with van der Waals surface area (Å²) in [6.07, 6.45) is 5.83. The summed E-state index contributed by atoms with van der Waals surface area (Å²) in [6.45, 7) is 5.28. The molecule has 0 bridgehead atoms. The number of hydrogen-bond donors (Lipinski definition) is 1. The fraction of sp³-hybridized carbons (Fsp3) is 0.667. The van der Waals surface area contributed by atoms with E-state index >= 15 is 0 Å². The summed E-state index contributed by atoms with van der Waals surface area (Å²) in [6, 6.07) is 6.31. The number of likely N-dealkylation sites (tertiary alicyclic amines) is 1. The van der Waals surface area contributed by atoms with Gasteiger partial charge >= 0.3 is 0 Å². The molecule has 2 aliphatic rings. The van der Waals surface area contributed by atoms with Crippen LogP contribution in [0.4, 0.5) is 0 Å². The van der Waals surface area contributed by atoms with Crippen molar-refractivity contribution in [1.29, 1.82) is 5.26 Å². The van der Waals surface area contributed by atoms with Crippen LogP contribution in [0, 0.1) is 23.2 Å². The number of nitrogens with one attached hydrogen (secondary N) is 1. The zero-order valence-electron chi connectivity index (χ0n) is 13.9. The first kappa shape index (κ1) is 16.1. The van der Waals surface area contributed by atoms with E-state index in [1.165, 1.54) is 0 Å². The first-order chi connectivity index (χ1) is 11.0. The predicted molar refractivity (Wildman–Crippen MR) is 86.3 cm³/mol. The van der Waals surface area contributed by atoms with Crippen molar-refractivity contribution in [3.8, 4) is 6.07 Å². The standard InChI is InChI=1S/C18H25N3O2/c1-13-7-8-21(15(10-13)16-4-3-9-23-16)11-17(22)20-18(2,12-19)14-5-6-14/h3-4,9,13-15H,5-8,10-11H2,1-2H3,(H,20,22)/t13-,15+,18+/m1/s1. The van der Waals surface area contributed by atoms with E-state index < -0.39 is 5.54 Å². The minimum atomic E-state index is -0.722. The van der Waals surface area contributed by atoms with Crippen molar-refractivity contribution in [2.75, 3.05) is 13.1 Å². The van der Waals surface area contributed by atoms with Gasteiger partial charge in [0.2, 0.25) is 5.91 Å². The van der Waals surface area contributed by atoms with Crippen LogP contribution in [-0.2, 0) is 4.79 Å². The molecule has 2 fully saturated rings. The summed E-state index contributed by atoms with van der Waals surface area (Å²) in [4.78, 5) is 14.7. The van der Waals surface area contributed by atoms with Crippen LogP contribution in [0.3, 0.4) is 0 Å². The van der Waals surface area contributed by atoms with Crippen molar-refractivity contribution < 1.29 is 9.21 Å². The zero-order valence-corrected chi connectivity index (χ0v) is 13.9. The second-order valence-electron chi connectivity index (χ2n) is 7.27. The molecule has 124 valence electrons. The molecule has 1 aliphatic heterocycles. The van der Waals surface area contributed by atoms with Crippen molar-refractivity contribution in [1.82, 2.24) is 10.2 Å². The monoisotopic (exact) mass is 315 g/mol. The zero-order chi connectivity index (χ0) is 16.4. The van der Waals surface area contributed by atoms with Gasteiger partial charge in [-0.05, 0) is 63.1 Å². The molecule has 0 spiro atoms. The minimum Gasteiger partial charge on any atom is -0.468 e. The van der Waals surface area contributed by atoms with Crippen molar-refractivity contribution >= 4 is 5.91 Å². The number of hydrogen-bond acceptors (Lipinski definition) is 4. The third-order valence-electron chi connectivity index (χ3n) is 5.22. The highest BCUT2D eigenvalue weighted by molar-refractivity contribution is 5.79. The summed E-state index contributed by atoms with van der Waals surface area (Å²) in [7, 11) is 0. The summed E-state index contributed by atoms with van der Waals surface area (Å²) in [5.74, 6) is 1.79. The summed E-state index contributed by atoms with van der Waals surface area (Å²) in [5.41, 5.74) is -0.722. The Morgan fingerprint density at radius 2 is 2.30 bits per heavy atom. The highest BCUT2D eigenvalue weighted by Gasteiger charge is 2.43. The van der Waals surface area contributed by atoms with Crippen LogP contribution in [0.2, 0.25) is 0 Å². The molecule has 3 rings (SSSR count). The van der Waals surface area contributed by atoms with E-state index in [1.54, 1.807) is 6.26 Å². The molecule has 1 N–H and O–H groups in total. The van der Waals surface area contributed by atoms with Crippen LogP contribution >= 0.6 is 0 Å². The molecule has 0 unspecified atom stereocenters. The molecule has 1 amide bonds. The Morgan fingerprint density at radius 1 is 1.52 bits per heavy atom. The van der Waals surface area contributed by atoms with Crippen LogP contribution in [0.25, 0.3) is 0 Å². The van der Waals surface area contributed by atoms with E-state index in [9.17, 15) is 10.1 Å². The van der Waals surface area contributed by atoms with Gasteiger partial charge in [0.25, 0.3) is 0 Å². The Labute approximate surface area is 137 Å². The number of rotatable bonds is 5. The SMILES string of the molecule is C[C@@H]1CCN(CC(=O)N[C@@](C)(C#N)C2CC2)[C@H](c2ccco2)C1. The molecular weight excluding hydrogens is 290 g/mol. The third-order valence-corrected chi connectivity index (χ3v) is 5.22. The average molecular weight is 315 g/mol. The molecule has 3 atom stereocenters. The number of furan rings is 1. The Morgan fingerprint density at radius 3 is 2.91 bits per heavy atom. The van der Waals surface area contributed by atoms with Gasteiger partial charge in [0.05, 0.1) is 24.9 Å². The van der Waals surface area contributed by atoms with Gasteiger partial charge in [-0.15, -0.1) is 0 Å². The quantitative estimate of drug-likeness (QED) is 0.907. The molecule has 0 aromatic carbocycles. The molecule has 1 aromatic rings. The lowest BCUT2D eigenvalue weighted by molar-refractivity contribution is -0.125. The molecule has 5 heteroatoms. The maximum atomic E-state index is 12.5. The maximum absolute atomic E-state index is 12.5. The van der Waals surface area contributed by atoms with E-state index in [0.29, 0.717) is 18.4 Å². The van der Waals surface area contributed by atoms with Crippen LogP contribution in [0.15, 0.2) is 22.8 Å². The summed E-state index contributed by atoms with van der Waals surface area (Å²) >= 11 is 0. The Kier molecular flexibility index (Phi) is 4.45. The number of piperidine rings is 1. The summed E-state index contributed by atoms with van der Waals surface area (Å²) < 4.78 is 5.58. The van der Waals surface area contributed by atoms with E-state index in [4.69, 9.17) is 4.42 Å². The maximum Gasteiger partial charge on any atom is 0.235 e. The summed E-state index contributed by atoms with van der Waals surface area (Å²) in [5, 5.41) is 12.4. The van der Waals surface area contributed by atoms with Crippen molar-refractivity contribution in [2.45, 2.75) is 51.1 Å². The third kappa shape index (κ3) is 3.59. The molecule has 2 heterocycles. The predicted octanol–water partition coefficient (Wildman–Crippen LogP) is 2.86. The largest absolute Gasteiger partial charge is 0.468 e.